The smallest absolute Gasteiger partial charge is 0.230 e. The van der Waals surface area contributed by atoms with Crippen molar-refractivity contribution in [3.63, 3.8) is 0 Å². The molecule has 5 nitrogen and oxygen atoms in total. The van der Waals surface area contributed by atoms with E-state index in [2.05, 4.69) is 9.97 Å². The van der Waals surface area contributed by atoms with Crippen LogP contribution < -0.4 is 10.5 Å². The molecule has 0 radical (unpaired) electrons. The minimum atomic E-state index is -0.0295. The van der Waals surface area contributed by atoms with E-state index in [-0.39, 0.29) is 6.61 Å². The summed E-state index contributed by atoms with van der Waals surface area (Å²) in [5.41, 5.74) is 7.89. The fraction of sp³-hybridized carbons (Fsp3) is 0.0667. The Morgan fingerprint density at radius 2 is 2.00 bits per heavy atom. The molecule has 1 heterocycles. The summed E-state index contributed by atoms with van der Waals surface area (Å²) in [6.45, 7) is -0.0295. The molecule has 2 aromatic carbocycles. The normalized spacial score (nSPS) is 10.7. The van der Waals surface area contributed by atoms with E-state index in [0.29, 0.717) is 17.3 Å². The van der Waals surface area contributed by atoms with Crippen molar-refractivity contribution >= 4 is 16.6 Å². The molecule has 0 bridgehead atoms. The minimum absolute atomic E-state index is 0.0295. The SMILES string of the molecule is Nc1ccc2c(Oc3cccc(CO)c3)ncnc2c1. The van der Waals surface area contributed by atoms with Crippen molar-refractivity contribution in [2.75, 3.05) is 5.73 Å². The monoisotopic (exact) mass is 267 g/mol. The molecule has 0 aliphatic rings. The van der Waals surface area contributed by atoms with E-state index in [9.17, 15) is 0 Å². The van der Waals surface area contributed by atoms with Crippen LogP contribution in [0.3, 0.4) is 0 Å². The van der Waals surface area contributed by atoms with Crippen molar-refractivity contribution in [3.05, 3.63) is 54.4 Å². The highest BCUT2D eigenvalue weighted by Crippen LogP contribution is 2.27. The van der Waals surface area contributed by atoms with Crippen LogP contribution in [0.4, 0.5) is 5.69 Å². The van der Waals surface area contributed by atoms with Gasteiger partial charge in [-0.3, -0.25) is 0 Å². The van der Waals surface area contributed by atoms with E-state index in [0.717, 1.165) is 16.5 Å². The van der Waals surface area contributed by atoms with E-state index in [1.165, 1.54) is 6.33 Å². The average molecular weight is 267 g/mol. The number of benzene rings is 2. The highest BCUT2D eigenvalue weighted by molar-refractivity contribution is 5.85. The number of nitrogens with zero attached hydrogens (tertiary/aromatic N) is 2. The number of fused-ring (bicyclic) bond motifs is 1. The average Bonchev–Trinajstić information content (AvgIpc) is 2.47. The van der Waals surface area contributed by atoms with Crippen molar-refractivity contribution in [1.29, 1.82) is 0 Å². The van der Waals surface area contributed by atoms with Crippen LogP contribution in [0, 0.1) is 0 Å². The number of anilines is 1. The highest BCUT2D eigenvalue weighted by Gasteiger charge is 2.06. The molecular formula is C15H13N3O2. The fourth-order valence-electron chi connectivity index (χ4n) is 1.95. The van der Waals surface area contributed by atoms with Gasteiger partial charge >= 0.3 is 0 Å². The Bertz CT molecular complexity index is 759. The molecule has 0 aliphatic heterocycles. The molecule has 0 saturated carbocycles. The summed E-state index contributed by atoms with van der Waals surface area (Å²) in [7, 11) is 0. The fourth-order valence-corrected chi connectivity index (χ4v) is 1.95. The number of hydrogen-bond donors (Lipinski definition) is 2. The molecule has 20 heavy (non-hydrogen) atoms. The minimum Gasteiger partial charge on any atom is -0.438 e. The van der Waals surface area contributed by atoms with Crippen LogP contribution in [-0.4, -0.2) is 15.1 Å². The molecule has 0 spiro atoms. The number of aliphatic hydroxyl groups excluding tert-OH is 1. The van der Waals surface area contributed by atoms with Gasteiger partial charge in [-0.05, 0) is 35.9 Å². The Morgan fingerprint density at radius 3 is 2.85 bits per heavy atom. The Morgan fingerprint density at radius 1 is 1.10 bits per heavy atom. The predicted molar refractivity (Wildman–Crippen MR) is 76.4 cm³/mol. The molecule has 0 amide bonds. The lowest BCUT2D eigenvalue weighted by Crippen LogP contribution is -1.93. The second kappa shape index (κ2) is 5.14. The highest BCUT2D eigenvalue weighted by atomic mass is 16.5. The zero-order valence-corrected chi connectivity index (χ0v) is 10.7. The lowest BCUT2D eigenvalue weighted by molar-refractivity contribution is 0.281. The molecule has 1 aromatic heterocycles. The zero-order valence-electron chi connectivity index (χ0n) is 10.7. The largest absolute Gasteiger partial charge is 0.438 e. The summed E-state index contributed by atoms with van der Waals surface area (Å²) in [5, 5.41) is 9.92. The molecule has 100 valence electrons. The molecule has 0 unspecified atom stereocenters. The molecule has 0 saturated heterocycles. The number of nitrogens with two attached hydrogens (primary N) is 1. The number of aromatic nitrogens is 2. The topological polar surface area (TPSA) is 81.3 Å². The second-order valence-electron chi connectivity index (χ2n) is 4.36. The standard InChI is InChI=1S/C15H13N3O2/c16-11-4-5-13-14(7-11)17-9-18-15(13)20-12-3-1-2-10(6-12)8-19/h1-7,9,19H,8,16H2. The van der Waals surface area contributed by atoms with E-state index < -0.39 is 0 Å². The zero-order chi connectivity index (χ0) is 13.9. The number of nitrogen functional groups attached to an aromatic ring is 1. The van der Waals surface area contributed by atoms with Crippen LogP contribution >= 0.6 is 0 Å². The third-order valence-corrected chi connectivity index (χ3v) is 2.92. The van der Waals surface area contributed by atoms with Gasteiger partial charge in [0.15, 0.2) is 0 Å². The van der Waals surface area contributed by atoms with Gasteiger partial charge in [-0.1, -0.05) is 12.1 Å². The van der Waals surface area contributed by atoms with Crippen LogP contribution in [0.25, 0.3) is 10.9 Å². The first-order chi connectivity index (χ1) is 9.76. The predicted octanol–water partition coefficient (Wildman–Crippen LogP) is 2.50. The Balaban J connectivity index is 2.02. The van der Waals surface area contributed by atoms with Gasteiger partial charge in [0.1, 0.15) is 12.1 Å². The first-order valence-corrected chi connectivity index (χ1v) is 6.14. The first kappa shape index (κ1) is 12.4. The summed E-state index contributed by atoms with van der Waals surface area (Å²) in [4.78, 5) is 8.32. The second-order valence-corrected chi connectivity index (χ2v) is 4.36. The summed E-state index contributed by atoms with van der Waals surface area (Å²) in [6, 6.07) is 12.6. The lowest BCUT2D eigenvalue weighted by atomic mass is 10.2. The van der Waals surface area contributed by atoms with Crippen LogP contribution in [0.1, 0.15) is 5.56 Å². The first-order valence-electron chi connectivity index (χ1n) is 6.14. The maximum Gasteiger partial charge on any atom is 0.230 e. The quantitative estimate of drug-likeness (QED) is 0.712. The molecule has 3 N–H and O–H groups in total. The molecule has 0 fully saturated rings. The van der Waals surface area contributed by atoms with E-state index in [1.807, 2.05) is 24.3 Å². The van der Waals surface area contributed by atoms with Gasteiger partial charge in [0.2, 0.25) is 5.88 Å². The molecule has 3 aromatic rings. The van der Waals surface area contributed by atoms with E-state index in [4.69, 9.17) is 15.6 Å². The third-order valence-electron chi connectivity index (χ3n) is 2.92. The van der Waals surface area contributed by atoms with Crippen LogP contribution in [0.15, 0.2) is 48.8 Å². The van der Waals surface area contributed by atoms with Crippen LogP contribution in [-0.2, 0) is 6.61 Å². The maximum absolute atomic E-state index is 9.14. The van der Waals surface area contributed by atoms with Crippen molar-refractivity contribution in [2.24, 2.45) is 0 Å². The number of ether oxygens (including phenoxy) is 1. The van der Waals surface area contributed by atoms with Crippen LogP contribution in [0.2, 0.25) is 0 Å². The number of hydrogen-bond acceptors (Lipinski definition) is 5. The molecular weight excluding hydrogens is 254 g/mol. The van der Waals surface area contributed by atoms with Gasteiger partial charge in [0.05, 0.1) is 17.5 Å². The Kier molecular flexibility index (Phi) is 3.18. The van der Waals surface area contributed by atoms with Gasteiger partial charge < -0.3 is 15.6 Å². The Hall–Kier alpha value is -2.66. The summed E-state index contributed by atoms with van der Waals surface area (Å²) >= 11 is 0. The molecule has 0 aliphatic carbocycles. The van der Waals surface area contributed by atoms with E-state index in [1.54, 1.807) is 18.2 Å². The lowest BCUT2D eigenvalue weighted by Gasteiger charge is -2.08. The van der Waals surface area contributed by atoms with Crippen LogP contribution in [0.5, 0.6) is 11.6 Å². The summed E-state index contributed by atoms with van der Waals surface area (Å²) < 4.78 is 5.77. The van der Waals surface area contributed by atoms with Crippen molar-refractivity contribution in [1.82, 2.24) is 9.97 Å². The molecule has 0 atom stereocenters. The summed E-state index contributed by atoms with van der Waals surface area (Å²) in [5.74, 6) is 1.08. The van der Waals surface area contributed by atoms with E-state index >= 15 is 0 Å². The number of aliphatic hydroxyl groups is 1. The van der Waals surface area contributed by atoms with Crippen molar-refractivity contribution < 1.29 is 9.84 Å². The Labute approximate surface area is 115 Å². The van der Waals surface area contributed by atoms with Gasteiger partial charge in [-0.15, -0.1) is 0 Å². The van der Waals surface area contributed by atoms with Gasteiger partial charge in [0, 0.05) is 5.69 Å². The third kappa shape index (κ3) is 2.39. The molecule has 3 rings (SSSR count). The van der Waals surface area contributed by atoms with Gasteiger partial charge in [0.25, 0.3) is 0 Å². The van der Waals surface area contributed by atoms with Gasteiger partial charge in [-0.25, -0.2) is 9.97 Å². The summed E-state index contributed by atoms with van der Waals surface area (Å²) in [6.07, 6.45) is 1.44. The van der Waals surface area contributed by atoms with Crippen molar-refractivity contribution in [3.8, 4) is 11.6 Å². The maximum atomic E-state index is 9.14. The van der Waals surface area contributed by atoms with Crippen molar-refractivity contribution in [2.45, 2.75) is 6.61 Å². The molecule has 5 heteroatoms. The van der Waals surface area contributed by atoms with Gasteiger partial charge in [-0.2, -0.15) is 0 Å². The number of rotatable bonds is 3.